The third kappa shape index (κ3) is 1.84. The predicted molar refractivity (Wildman–Crippen MR) is 78.1 cm³/mol. The van der Waals surface area contributed by atoms with Crippen LogP contribution in [0.1, 0.15) is 52.9 Å². The first-order valence-corrected chi connectivity index (χ1v) is 7.97. The van der Waals surface area contributed by atoms with Crippen LogP contribution in [0, 0.1) is 16.7 Å². The Labute approximate surface area is 121 Å². The Bertz CT molecular complexity index is 415. The van der Waals surface area contributed by atoms with E-state index in [1.165, 1.54) is 12.8 Å². The topological polar surface area (TPSA) is 64.4 Å². The standard InChI is InChI=1S/C16H28N2O2/c1-14(2)11-4-5-15(14,3)12(10-11)18-13(19)16(17)6-8-20-9-7-16/h11-12H,4-10,17H2,1-3H3,(H,18,19). The van der Waals surface area contributed by atoms with Gasteiger partial charge >= 0.3 is 0 Å². The Kier molecular flexibility index (Phi) is 3.18. The van der Waals surface area contributed by atoms with Crippen LogP contribution in [0.15, 0.2) is 0 Å². The fourth-order valence-electron chi connectivity index (χ4n) is 4.69. The maximum atomic E-state index is 12.6. The van der Waals surface area contributed by atoms with E-state index >= 15 is 0 Å². The van der Waals surface area contributed by atoms with Crippen molar-refractivity contribution in [3.05, 3.63) is 0 Å². The van der Waals surface area contributed by atoms with E-state index in [-0.39, 0.29) is 17.4 Å². The van der Waals surface area contributed by atoms with Crippen molar-refractivity contribution >= 4 is 5.91 Å². The quantitative estimate of drug-likeness (QED) is 0.811. The van der Waals surface area contributed by atoms with E-state index < -0.39 is 5.54 Å². The molecule has 3 atom stereocenters. The van der Waals surface area contributed by atoms with Crippen molar-refractivity contribution in [3.63, 3.8) is 0 Å². The molecule has 1 heterocycles. The van der Waals surface area contributed by atoms with Crippen molar-refractivity contribution in [2.75, 3.05) is 13.2 Å². The summed E-state index contributed by atoms with van der Waals surface area (Å²) >= 11 is 0. The highest BCUT2D eigenvalue weighted by Gasteiger charge is 2.62. The summed E-state index contributed by atoms with van der Waals surface area (Å²) in [6, 6.07) is 0.284. The highest BCUT2D eigenvalue weighted by Crippen LogP contribution is 2.65. The molecule has 0 radical (unpaired) electrons. The normalized spacial score (nSPS) is 41.6. The van der Waals surface area contributed by atoms with E-state index in [0.29, 0.717) is 31.5 Å². The lowest BCUT2D eigenvalue weighted by Crippen LogP contribution is -2.60. The predicted octanol–water partition coefficient (Wildman–Crippen LogP) is 1.83. The van der Waals surface area contributed by atoms with E-state index in [9.17, 15) is 4.79 Å². The van der Waals surface area contributed by atoms with Gasteiger partial charge in [0.25, 0.3) is 0 Å². The number of hydrogen-bond donors (Lipinski definition) is 2. The van der Waals surface area contributed by atoms with E-state index in [4.69, 9.17) is 10.5 Å². The molecule has 3 unspecified atom stereocenters. The number of carbonyl (C=O) groups excluding carboxylic acids is 1. The van der Waals surface area contributed by atoms with Crippen LogP contribution in [0.25, 0.3) is 0 Å². The minimum absolute atomic E-state index is 0.0374. The Morgan fingerprint density at radius 2 is 1.85 bits per heavy atom. The second kappa shape index (κ2) is 4.44. The molecule has 3 fully saturated rings. The van der Waals surface area contributed by atoms with Gasteiger partial charge in [-0.3, -0.25) is 4.79 Å². The van der Waals surface area contributed by atoms with Crippen LogP contribution in [-0.2, 0) is 9.53 Å². The molecule has 1 saturated heterocycles. The first kappa shape index (κ1) is 14.3. The third-order valence-electron chi connectivity index (χ3n) is 6.94. The van der Waals surface area contributed by atoms with Crippen LogP contribution in [0.2, 0.25) is 0 Å². The van der Waals surface area contributed by atoms with Gasteiger partial charge in [-0.2, -0.15) is 0 Å². The second-order valence-corrected chi connectivity index (χ2v) is 7.91. The molecule has 0 aromatic carbocycles. The number of amides is 1. The Morgan fingerprint density at radius 1 is 1.20 bits per heavy atom. The largest absolute Gasteiger partial charge is 0.381 e. The zero-order chi connectivity index (χ0) is 14.6. The smallest absolute Gasteiger partial charge is 0.240 e. The fourth-order valence-corrected chi connectivity index (χ4v) is 4.69. The highest BCUT2D eigenvalue weighted by molar-refractivity contribution is 5.86. The summed E-state index contributed by atoms with van der Waals surface area (Å²) in [5, 5.41) is 3.30. The van der Waals surface area contributed by atoms with Crippen LogP contribution in [0.5, 0.6) is 0 Å². The Balaban J connectivity index is 1.72. The van der Waals surface area contributed by atoms with Crippen molar-refractivity contribution in [3.8, 4) is 0 Å². The molecule has 20 heavy (non-hydrogen) atoms. The minimum Gasteiger partial charge on any atom is -0.381 e. The van der Waals surface area contributed by atoms with Crippen LogP contribution in [0.4, 0.5) is 0 Å². The first-order valence-electron chi connectivity index (χ1n) is 7.97. The summed E-state index contributed by atoms with van der Waals surface area (Å²) in [7, 11) is 0. The van der Waals surface area contributed by atoms with Gasteiger partial charge in [0.05, 0.1) is 5.54 Å². The maximum absolute atomic E-state index is 12.6. The molecule has 0 aromatic rings. The number of nitrogens with two attached hydrogens (primary N) is 1. The molecule has 3 rings (SSSR count). The molecule has 0 aromatic heterocycles. The van der Waals surface area contributed by atoms with Gasteiger partial charge in [0.2, 0.25) is 5.91 Å². The lowest BCUT2D eigenvalue weighted by Gasteiger charge is -2.41. The molecule has 2 aliphatic carbocycles. The van der Waals surface area contributed by atoms with Crippen molar-refractivity contribution in [2.45, 2.75) is 64.5 Å². The van der Waals surface area contributed by atoms with Gasteiger partial charge in [0.15, 0.2) is 0 Å². The molecular formula is C16H28N2O2. The van der Waals surface area contributed by atoms with Gasteiger partial charge in [-0.25, -0.2) is 0 Å². The van der Waals surface area contributed by atoms with Crippen LogP contribution in [0.3, 0.4) is 0 Å². The lowest BCUT2D eigenvalue weighted by atomic mass is 9.69. The van der Waals surface area contributed by atoms with Crippen molar-refractivity contribution < 1.29 is 9.53 Å². The molecular weight excluding hydrogens is 252 g/mol. The number of ether oxygens (including phenoxy) is 1. The summed E-state index contributed by atoms with van der Waals surface area (Å²) in [6.07, 6.45) is 4.90. The van der Waals surface area contributed by atoms with Gasteiger partial charge < -0.3 is 15.8 Å². The number of hydrogen-bond acceptors (Lipinski definition) is 3. The Morgan fingerprint density at radius 3 is 2.35 bits per heavy atom. The number of nitrogens with one attached hydrogen (secondary N) is 1. The number of carbonyl (C=O) groups is 1. The maximum Gasteiger partial charge on any atom is 0.240 e. The second-order valence-electron chi connectivity index (χ2n) is 7.91. The first-order chi connectivity index (χ1) is 9.30. The number of fused-ring (bicyclic) bond motifs is 2. The summed E-state index contributed by atoms with van der Waals surface area (Å²) in [5.74, 6) is 0.775. The molecule has 2 bridgehead atoms. The minimum atomic E-state index is -0.722. The van der Waals surface area contributed by atoms with Crippen LogP contribution in [-0.4, -0.2) is 30.7 Å². The molecule has 2 saturated carbocycles. The SMILES string of the molecule is CC1(C)C2CCC1(C)C(NC(=O)C1(N)CCOCC1)C2. The van der Waals surface area contributed by atoms with Crippen LogP contribution >= 0.6 is 0 Å². The van der Waals surface area contributed by atoms with E-state index in [1.807, 2.05) is 0 Å². The molecule has 3 aliphatic rings. The summed E-state index contributed by atoms with van der Waals surface area (Å²) in [6.45, 7) is 8.27. The number of rotatable bonds is 2. The summed E-state index contributed by atoms with van der Waals surface area (Å²) in [4.78, 5) is 12.6. The third-order valence-corrected chi connectivity index (χ3v) is 6.94. The van der Waals surface area contributed by atoms with Gasteiger partial charge in [-0.05, 0) is 48.9 Å². The van der Waals surface area contributed by atoms with Gasteiger partial charge in [-0.15, -0.1) is 0 Å². The molecule has 1 aliphatic heterocycles. The van der Waals surface area contributed by atoms with E-state index in [0.717, 1.165) is 12.3 Å². The highest BCUT2D eigenvalue weighted by atomic mass is 16.5. The monoisotopic (exact) mass is 280 g/mol. The van der Waals surface area contributed by atoms with Gasteiger partial charge in [0, 0.05) is 19.3 Å². The molecule has 1 amide bonds. The zero-order valence-electron chi connectivity index (χ0n) is 13.0. The molecule has 0 spiro atoms. The van der Waals surface area contributed by atoms with Crippen LogP contribution < -0.4 is 11.1 Å². The average molecular weight is 280 g/mol. The van der Waals surface area contributed by atoms with Crippen molar-refractivity contribution in [1.82, 2.24) is 5.32 Å². The molecule has 114 valence electrons. The Hall–Kier alpha value is -0.610. The summed E-state index contributed by atoms with van der Waals surface area (Å²) < 4.78 is 5.33. The molecule has 3 N–H and O–H groups in total. The van der Waals surface area contributed by atoms with Crippen molar-refractivity contribution in [2.24, 2.45) is 22.5 Å². The van der Waals surface area contributed by atoms with Crippen molar-refractivity contribution in [1.29, 1.82) is 0 Å². The fraction of sp³-hybridized carbons (Fsp3) is 0.938. The van der Waals surface area contributed by atoms with E-state index in [1.54, 1.807) is 0 Å². The van der Waals surface area contributed by atoms with Gasteiger partial charge in [-0.1, -0.05) is 20.8 Å². The lowest BCUT2D eigenvalue weighted by molar-refractivity contribution is -0.131. The molecule has 4 heteroatoms. The molecule has 4 nitrogen and oxygen atoms in total. The van der Waals surface area contributed by atoms with E-state index in [2.05, 4.69) is 26.1 Å². The zero-order valence-corrected chi connectivity index (χ0v) is 13.0. The van der Waals surface area contributed by atoms with Gasteiger partial charge in [0.1, 0.15) is 0 Å². The summed E-state index contributed by atoms with van der Waals surface area (Å²) in [5.41, 5.74) is 6.11. The average Bonchev–Trinajstić information content (AvgIpc) is 2.73.